The summed E-state index contributed by atoms with van der Waals surface area (Å²) in [4.78, 5) is 6.81. The van der Waals surface area contributed by atoms with Gasteiger partial charge in [0.1, 0.15) is 0 Å². The van der Waals surface area contributed by atoms with E-state index in [0.29, 0.717) is 11.8 Å². The van der Waals surface area contributed by atoms with E-state index in [9.17, 15) is 0 Å². The van der Waals surface area contributed by atoms with Crippen LogP contribution in [0, 0.1) is 0 Å². The van der Waals surface area contributed by atoms with Crippen LogP contribution in [-0.2, 0) is 0 Å². The van der Waals surface area contributed by atoms with Gasteiger partial charge in [-0.25, -0.2) is 9.40 Å². The van der Waals surface area contributed by atoms with Gasteiger partial charge in [0.2, 0.25) is 5.95 Å². The summed E-state index contributed by atoms with van der Waals surface area (Å²) in [5.41, 5.74) is 0. The molecule has 0 aromatic carbocycles. The smallest absolute Gasteiger partial charge is 0.223 e. The third-order valence-electron chi connectivity index (χ3n) is 1.43. The number of aromatic amines is 1. The normalized spacial score (nSPS) is 9.92. The predicted molar refractivity (Wildman–Crippen MR) is 48.6 cm³/mol. The maximum atomic E-state index is 5.91. The molecule has 0 aliphatic heterocycles. The molecule has 0 bridgehead atoms. The maximum Gasteiger partial charge on any atom is 0.223 e. The third kappa shape index (κ3) is 1.59. The molecule has 66 valence electrons. The molecule has 0 aliphatic carbocycles. The van der Waals surface area contributed by atoms with Crippen LogP contribution in [0.4, 0.5) is 11.8 Å². The topological polar surface area (TPSA) is 57.7 Å². The molecule has 0 aliphatic rings. The van der Waals surface area contributed by atoms with E-state index in [0.717, 1.165) is 0 Å². The van der Waals surface area contributed by atoms with Crippen LogP contribution in [0.5, 0.6) is 0 Å². The number of hydrogen-bond acceptors (Lipinski definition) is 4. The van der Waals surface area contributed by atoms with Crippen molar-refractivity contribution in [2.75, 3.05) is 4.42 Å². The van der Waals surface area contributed by atoms with Gasteiger partial charge in [0.15, 0.2) is 5.82 Å². The Morgan fingerprint density at radius 1 is 1.38 bits per heavy atom. The van der Waals surface area contributed by atoms with Crippen molar-refractivity contribution in [2.24, 2.45) is 0 Å². The van der Waals surface area contributed by atoms with Crippen LogP contribution in [-0.4, -0.2) is 20.2 Å². The number of nitrogens with one attached hydrogen (secondary N) is 1. The molecule has 0 unspecified atom stereocenters. The number of halogens is 1. The Morgan fingerprint density at radius 3 is 2.92 bits per heavy atom. The highest BCUT2D eigenvalue weighted by Crippen LogP contribution is 2.19. The standard InChI is InChI=1S/C7H6ClN5/c8-13(7-9-4-5-10-7)6-2-1-3-11-12-6/h1-5H,(H,9,10). The van der Waals surface area contributed by atoms with Crippen LogP contribution in [0.15, 0.2) is 30.7 Å². The Balaban J connectivity index is 2.29. The van der Waals surface area contributed by atoms with Gasteiger partial charge in [-0.05, 0) is 12.1 Å². The van der Waals surface area contributed by atoms with Crippen LogP contribution >= 0.6 is 11.8 Å². The number of H-pyrrole nitrogens is 1. The highest BCUT2D eigenvalue weighted by molar-refractivity contribution is 6.28. The number of nitrogens with zero attached hydrogens (tertiary/aromatic N) is 4. The summed E-state index contributed by atoms with van der Waals surface area (Å²) >= 11 is 5.91. The minimum absolute atomic E-state index is 0.516. The van der Waals surface area contributed by atoms with Gasteiger partial charge >= 0.3 is 0 Å². The van der Waals surface area contributed by atoms with E-state index < -0.39 is 0 Å². The molecule has 5 nitrogen and oxygen atoms in total. The predicted octanol–water partition coefficient (Wildman–Crippen LogP) is 1.49. The second-order valence-corrected chi connectivity index (χ2v) is 2.61. The van der Waals surface area contributed by atoms with Gasteiger partial charge in [-0.2, -0.15) is 5.10 Å². The fraction of sp³-hybridized carbons (Fsp3) is 0. The van der Waals surface area contributed by atoms with Crippen molar-refractivity contribution in [2.45, 2.75) is 0 Å². The van der Waals surface area contributed by atoms with Crippen molar-refractivity contribution in [1.29, 1.82) is 0 Å². The first-order valence-electron chi connectivity index (χ1n) is 3.61. The van der Waals surface area contributed by atoms with Gasteiger partial charge in [-0.3, -0.25) is 0 Å². The average Bonchev–Trinajstić information content (AvgIpc) is 2.71. The Hall–Kier alpha value is -1.62. The molecular formula is C7H6ClN5. The number of anilines is 2. The maximum absolute atomic E-state index is 5.91. The molecule has 0 fully saturated rings. The van der Waals surface area contributed by atoms with Crippen molar-refractivity contribution in [3.05, 3.63) is 30.7 Å². The summed E-state index contributed by atoms with van der Waals surface area (Å²) in [5, 5.41) is 7.52. The van der Waals surface area contributed by atoms with Gasteiger partial charge in [0.05, 0.1) is 0 Å². The molecule has 13 heavy (non-hydrogen) atoms. The minimum atomic E-state index is 0.516. The van der Waals surface area contributed by atoms with Crippen LogP contribution < -0.4 is 4.42 Å². The zero-order valence-corrected chi connectivity index (χ0v) is 7.31. The van der Waals surface area contributed by atoms with Crippen molar-refractivity contribution in [3.8, 4) is 0 Å². The molecule has 0 radical (unpaired) electrons. The van der Waals surface area contributed by atoms with Crippen molar-refractivity contribution in [1.82, 2.24) is 20.2 Å². The molecule has 0 amide bonds. The lowest BCUT2D eigenvalue weighted by Gasteiger charge is -2.08. The largest absolute Gasteiger partial charge is 0.330 e. The summed E-state index contributed by atoms with van der Waals surface area (Å²) in [6.07, 6.45) is 4.87. The van der Waals surface area contributed by atoms with Gasteiger partial charge in [-0.15, -0.1) is 5.10 Å². The summed E-state index contributed by atoms with van der Waals surface area (Å²) in [6.45, 7) is 0. The number of aromatic nitrogens is 4. The molecule has 0 saturated carbocycles. The lowest BCUT2D eigenvalue weighted by molar-refractivity contribution is 1.01. The van der Waals surface area contributed by atoms with E-state index in [2.05, 4.69) is 20.2 Å². The number of imidazole rings is 1. The zero-order valence-electron chi connectivity index (χ0n) is 6.55. The van der Waals surface area contributed by atoms with E-state index in [1.165, 1.54) is 4.42 Å². The summed E-state index contributed by atoms with van der Waals surface area (Å²) in [7, 11) is 0. The van der Waals surface area contributed by atoms with Crippen LogP contribution in [0.25, 0.3) is 0 Å². The Morgan fingerprint density at radius 2 is 2.31 bits per heavy atom. The first-order valence-corrected chi connectivity index (χ1v) is 3.95. The lowest BCUT2D eigenvalue weighted by atomic mass is 10.5. The second kappa shape index (κ2) is 3.40. The molecule has 2 heterocycles. The second-order valence-electron chi connectivity index (χ2n) is 2.28. The highest BCUT2D eigenvalue weighted by atomic mass is 35.5. The van der Waals surface area contributed by atoms with E-state index >= 15 is 0 Å². The monoisotopic (exact) mass is 195 g/mol. The molecule has 2 rings (SSSR count). The summed E-state index contributed by atoms with van der Waals surface area (Å²) in [6, 6.07) is 3.49. The van der Waals surface area contributed by atoms with Crippen molar-refractivity contribution >= 4 is 23.5 Å². The van der Waals surface area contributed by atoms with Crippen LogP contribution in [0.1, 0.15) is 0 Å². The minimum Gasteiger partial charge on any atom is -0.330 e. The third-order valence-corrected chi connectivity index (χ3v) is 1.76. The van der Waals surface area contributed by atoms with E-state index in [1.54, 1.807) is 30.7 Å². The molecular weight excluding hydrogens is 190 g/mol. The molecule has 0 spiro atoms. The first kappa shape index (κ1) is 8.00. The Labute approximate surface area is 79.5 Å². The summed E-state index contributed by atoms with van der Waals surface area (Å²) < 4.78 is 1.30. The number of hydrogen-bond donors (Lipinski definition) is 1. The van der Waals surface area contributed by atoms with Crippen LogP contribution in [0.3, 0.4) is 0 Å². The lowest BCUT2D eigenvalue weighted by Crippen LogP contribution is -2.05. The molecule has 2 aromatic rings. The van der Waals surface area contributed by atoms with E-state index in [1.807, 2.05) is 0 Å². The zero-order chi connectivity index (χ0) is 9.10. The molecule has 2 aromatic heterocycles. The fourth-order valence-corrected chi connectivity index (χ4v) is 1.05. The average molecular weight is 196 g/mol. The number of rotatable bonds is 2. The highest BCUT2D eigenvalue weighted by Gasteiger charge is 2.08. The fourth-order valence-electron chi connectivity index (χ4n) is 0.871. The van der Waals surface area contributed by atoms with Gasteiger partial charge in [-0.1, -0.05) is 0 Å². The van der Waals surface area contributed by atoms with Gasteiger partial charge in [0, 0.05) is 30.4 Å². The molecule has 0 atom stereocenters. The van der Waals surface area contributed by atoms with E-state index in [4.69, 9.17) is 11.8 Å². The Bertz CT molecular complexity index is 360. The van der Waals surface area contributed by atoms with Gasteiger partial charge in [0.25, 0.3) is 0 Å². The summed E-state index contributed by atoms with van der Waals surface area (Å²) in [5.74, 6) is 1.04. The van der Waals surface area contributed by atoms with Crippen molar-refractivity contribution in [3.63, 3.8) is 0 Å². The molecule has 1 N–H and O–H groups in total. The molecule has 6 heteroatoms. The molecule has 0 saturated heterocycles. The van der Waals surface area contributed by atoms with E-state index in [-0.39, 0.29) is 0 Å². The Kier molecular flexibility index (Phi) is 2.09. The van der Waals surface area contributed by atoms with Gasteiger partial charge < -0.3 is 4.98 Å². The quantitative estimate of drug-likeness (QED) is 0.738. The SMILES string of the molecule is ClN(c1cccnn1)c1ncc[nH]1. The van der Waals surface area contributed by atoms with Crippen LogP contribution in [0.2, 0.25) is 0 Å². The first-order chi connectivity index (χ1) is 6.38. The van der Waals surface area contributed by atoms with Crippen molar-refractivity contribution < 1.29 is 0 Å².